The average Bonchev–Trinajstić information content (AvgIpc) is 4.01. The lowest BCUT2D eigenvalue weighted by Gasteiger charge is -2.13. The highest BCUT2D eigenvalue weighted by Gasteiger charge is 2.25. The van der Waals surface area contributed by atoms with Crippen molar-refractivity contribution in [1.29, 1.82) is 0 Å². The molecule has 63 heavy (non-hydrogen) atoms. The highest BCUT2D eigenvalue weighted by Crippen LogP contribution is 2.43. The molecule has 4 nitrogen and oxygen atoms in total. The van der Waals surface area contributed by atoms with E-state index in [9.17, 15) is 0 Å². The second-order valence-corrected chi connectivity index (χ2v) is 16.0. The molecule has 0 atom stereocenters. The quantitative estimate of drug-likeness (QED) is 0.159. The van der Waals surface area contributed by atoms with E-state index in [1.54, 1.807) is 0 Å². The van der Waals surface area contributed by atoms with E-state index in [-0.39, 0.29) is 0 Å². The van der Waals surface area contributed by atoms with Crippen molar-refractivity contribution >= 4 is 76.2 Å². The second-order valence-electron chi connectivity index (χ2n) is 16.0. The molecular formula is C59H42N4. The van der Waals surface area contributed by atoms with Gasteiger partial charge in [0.05, 0.1) is 16.6 Å². The molecule has 0 amide bonds. The van der Waals surface area contributed by atoms with E-state index in [0.717, 1.165) is 56.0 Å². The van der Waals surface area contributed by atoms with Gasteiger partial charge < -0.3 is 4.57 Å². The van der Waals surface area contributed by atoms with E-state index in [1.165, 1.54) is 59.7 Å². The fourth-order valence-corrected chi connectivity index (χ4v) is 9.91. The van der Waals surface area contributed by atoms with Gasteiger partial charge in [-0.1, -0.05) is 172 Å². The molecule has 0 saturated carbocycles. The maximum atomic E-state index is 5.50. The normalized spacial score (nSPS) is 11.7. The molecule has 3 heterocycles. The molecule has 10 aromatic carbocycles. The summed E-state index contributed by atoms with van der Waals surface area (Å²) in [7, 11) is 0. The average molecular weight is 807 g/mol. The lowest BCUT2D eigenvalue weighted by molar-refractivity contribution is 1.10. The van der Waals surface area contributed by atoms with Crippen LogP contribution in [0.5, 0.6) is 0 Å². The summed E-state index contributed by atoms with van der Waals surface area (Å²) < 4.78 is 7.11. The molecule has 0 unspecified atom stereocenters. The number of fused-ring (bicyclic) bond motifs is 12. The maximum Gasteiger partial charge on any atom is 0.165 e. The van der Waals surface area contributed by atoms with Crippen molar-refractivity contribution in [3.05, 3.63) is 218 Å². The zero-order chi connectivity index (χ0) is 42.0. The maximum absolute atomic E-state index is 5.50. The third-order valence-electron chi connectivity index (χ3n) is 12.6. The minimum Gasteiger partial charge on any atom is -0.309 e. The van der Waals surface area contributed by atoms with E-state index in [1.807, 2.05) is 13.8 Å². The molecule has 0 spiro atoms. The van der Waals surface area contributed by atoms with Crippen LogP contribution in [-0.2, 0) is 0 Å². The molecule has 4 heteroatoms. The first-order valence-electron chi connectivity index (χ1n) is 21.9. The molecular weight excluding hydrogens is 765 g/mol. The standard InChI is InChI=1S/C57H36N4.C2H6/c1-4-16-38(17-5-1)56-58-57-55(61(56)41-20-8-3-9-21-41)51-36-53-50(35-54(51)60(57)40-18-6-2-7-19-40)48-26-14-15-27-52(48)59(53)42-31-28-37(29-32-42)39-30-33-47-45-24-11-10-22-43(45)44-23-12-13-25-46(44)49(47)34-39;1-2/h1-36H;1-2H3. The van der Waals surface area contributed by atoms with Crippen molar-refractivity contribution in [3.63, 3.8) is 0 Å². The minimum absolute atomic E-state index is 0.912. The Kier molecular flexibility index (Phi) is 8.58. The Hall–Kier alpha value is -8.21. The summed E-state index contributed by atoms with van der Waals surface area (Å²) in [5.41, 5.74) is 12.2. The largest absolute Gasteiger partial charge is 0.309 e. The summed E-state index contributed by atoms with van der Waals surface area (Å²) in [5, 5.41) is 11.3. The van der Waals surface area contributed by atoms with Crippen LogP contribution in [0.15, 0.2) is 218 Å². The molecule has 13 rings (SSSR count). The van der Waals surface area contributed by atoms with E-state index in [0.29, 0.717) is 0 Å². The molecule has 0 N–H and O–H groups in total. The Morgan fingerprint density at radius 2 is 0.746 bits per heavy atom. The van der Waals surface area contributed by atoms with Crippen molar-refractivity contribution < 1.29 is 0 Å². The van der Waals surface area contributed by atoms with E-state index in [2.05, 4.69) is 232 Å². The fraction of sp³-hybridized carbons (Fsp3) is 0.0339. The Morgan fingerprint density at radius 1 is 0.286 bits per heavy atom. The van der Waals surface area contributed by atoms with Crippen molar-refractivity contribution in [2.24, 2.45) is 0 Å². The molecule has 3 aromatic heterocycles. The third-order valence-corrected chi connectivity index (χ3v) is 12.6. The number of rotatable bonds is 5. The zero-order valence-electron chi connectivity index (χ0n) is 35.1. The Labute approximate surface area is 365 Å². The predicted molar refractivity (Wildman–Crippen MR) is 267 cm³/mol. The van der Waals surface area contributed by atoms with E-state index in [4.69, 9.17) is 4.98 Å². The van der Waals surface area contributed by atoms with Crippen LogP contribution < -0.4 is 0 Å². The van der Waals surface area contributed by atoms with Crippen LogP contribution in [0.2, 0.25) is 0 Å². The molecule has 0 radical (unpaired) electrons. The van der Waals surface area contributed by atoms with Gasteiger partial charge in [-0.2, -0.15) is 0 Å². The molecule has 0 aliphatic carbocycles. The lowest BCUT2D eigenvalue weighted by atomic mass is 9.92. The predicted octanol–water partition coefficient (Wildman–Crippen LogP) is 15.9. The number of hydrogen-bond acceptors (Lipinski definition) is 1. The van der Waals surface area contributed by atoms with Crippen molar-refractivity contribution in [2.45, 2.75) is 13.8 Å². The summed E-state index contributed by atoms with van der Waals surface area (Å²) in [6, 6.07) is 79.0. The monoisotopic (exact) mass is 806 g/mol. The second kappa shape index (κ2) is 14.8. The summed E-state index contributed by atoms with van der Waals surface area (Å²) >= 11 is 0. The SMILES string of the molecule is CC.c1ccc(-c2nc3c(c4cc5c(cc4n3-c3ccccc3)c3ccccc3n5-c3ccc(-c4ccc5c6ccccc6c6ccccc6c5c4)cc3)n2-c2ccccc2)cc1. The van der Waals surface area contributed by atoms with E-state index >= 15 is 0 Å². The van der Waals surface area contributed by atoms with Crippen molar-refractivity contribution in [3.8, 4) is 39.6 Å². The van der Waals surface area contributed by atoms with Gasteiger partial charge >= 0.3 is 0 Å². The molecule has 13 aromatic rings. The summed E-state index contributed by atoms with van der Waals surface area (Å²) in [6.07, 6.45) is 0. The number of imidazole rings is 1. The summed E-state index contributed by atoms with van der Waals surface area (Å²) in [4.78, 5) is 5.50. The number of benzene rings is 10. The number of aromatic nitrogens is 4. The van der Waals surface area contributed by atoms with Crippen LogP contribution in [0.25, 0.3) is 116 Å². The van der Waals surface area contributed by atoms with Gasteiger partial charge in [0, 0.05) is 38.8 Å². The van der Waals surface area contributed by atoms with Gasteiger partial charge in [0.25, 0.3) is 0 Å². The number of hydrogen-bond donors (Lipinski definition) is 0. The molecule has 0 bridgehead atoms. The van der Waals surface area contributed by atoms with Gasteiger partial charge in [-0.3, -0.25) is 9.13 Å². The van der Waals surface area contributed by atoms with Crippen LogP contribution in [0.3, 0.4) is 0 Å². The molecule has 0 saturated heterocycles. The summed E-state index contributed by atoms with van der Waals surface area (Å²) in [5.74, 6) is 0.912. The van der Waals surface area contributed by atoms with Gasteiger partial charge in [-0.25, -0.2) is 4.98 Å². The topological polar surface area (TPSA) is 27.7 Å². The highest BCUT2D eigenvalue weighted by atomic mass is 15.2. The van der Waals surface area contributed by atoms with Crippen LogP contribution in [-0.4, -0.2) is 18.7 Å². The zero-order valence-corrected chi connectivity index (χ0v) is 35.1. The molecule has 298 valence electrons. The first kappa shape index (κ1) is 36.6. The summed E-state index contributed by atoms with van der Waals surface area (Å²) in [6.45, 7) is 4.00. The third kappa shape index (κ3) is 5.65. The van der Waals surface area contributed by atoms with Crippen LogP contribution in [0, 0.1) is 0 Å². The number of para-hydroxylation sites is 3. The Morgan fingerprint density at radius 3 is 1.38 bits per heavy atom. The van der Waals surface area contributed by atoms with Gasteiger partial charge in [-0.05, 0) is 104 Å². The van der Waals surface area contributed by atoms with E-state index < -0.39 is 0 Å². The fourth-order valence-electron chi connectivity index (χ4n) is 9.91. The Bertz CT molecular complexity index is 3800. The first-order chi connectivity index (χ1) is 31.3. The smallest absolute Gasteiger partial charge is 0.165 e. The van der Waals surface area contributed by atoms with Crippen LogP contribution in [0.1, 0.15) is 13.8 Å². The van der Waals surface area contributed by atoms with Gasteiger partial charge in [0.15, 0.2) is 5.65 Å². The van der Waals surface area contributed by atoms with Crippen LogP contribution >= 0.6 is 0 Å². The van der Waals surface area contributed by atoms with Gasteiger partial charge in [-0.15, -0.1) is 0 Å². The minimum atomic E-state index is 0.912. The molecule has 0 aliphatic rings. The van der Waals surface area contributed by atoms with Crippen LogP contribution in [0.4, 0.5) is 0 Å². The van der Waals surface area contributed by atoms with Crippen molar-refractivity contribution in [1.82, 2.24) is 18.7 Å². The molecule has 0 fully saturated rings. The first-order valence-corrected chi connectivity index (χ1v) is 21.9. The van der Waals surface area contributed by atoms with Crippen molar-refractivity contribution in [2.75, 3.05) is 0 Å². The van der Waals surface area contributed by atoms with Gasteiger partial charge in [0.2, 0.25) is 0 Å². The Balaban J connectivity index is 0.00000208. The highest BCUT2D eigenvalue weighted by molar-refractivity contribution is 6.26. The molecule has 0 aliphatic heterocycles. The number of nitrogens with zero attached hydrogens (tertiary/aromatic N) is 4. The van der Waals surface area contributed by atoms with Gasteiger partial charge in [0.1, 0.15) is 11.3 Å². The lowest BCUT2D eigenvalue weighted by Crippen LogP contribution is -1.98.